The zero-order chi connectivity index (χ0) is 13.2. The Bertz CT molecular complexity index is 252. The molecule has 2 heteroatoms. The first-order valence-electron chi connectivity index (χ1n) is 8.02. The second-order valence-electron chi connectivity index (χ2n) is 6.80. The van der Waals surface area contributed by atoms with Gasteiger partial charge in [-0.15, -0.1) is 0 Å². The van der Waals surface area contributed by atoms with E-state index >= 15 is 0 Å². The molecule has 1 aliphatic carbocycles. The van der Waals surface area contributed by atoms with Crippen molar-refractivity contribution in [1.29, 1.82) is 0 Å². The number of aliphatic hydroxyl groups excluding tert-OH is 1. The van der Waals surface area contributed by atoms with Crippen LogP contribution in [0.5, 0.6) is 0 Å². The van der Waals surface area contributed by atoms with E-state index in [1.807, 2.05) is 0 Å². The van der Waals surface area contributed by atoms with Crippen molar-refractivity contribution in [3.63, 3.8) is 0 Å². The van der Waals surface area contributed by atoms with Crippen molar-refractivity contribution in [3.05, 3.63) is 0 Å². The van der Waals surface area contributed by atoms with Gasteiger partial charge in [-0.05, 0) is 56.5 Å². The normalized spacial score (nSPS) is 37.7. The van der Waals surface area contributed by atoms with Gasteiger partial charge in [0.15, 0.2) is 0 Å². The van der Waals surface area contributed by atoms with Crippen molar-refractivity contribution in [2.45, 2.75) is 77.9 Å². The highest BCUT2D eigenvalue weighted by Gasteiger charge is 2.37. The second-order valence-corrected chi connectivity index (χ2v) is 6.80. The first-order chi connectivity index (χ1) is 8.60. The molecule has 1 saturated carbocycles. The third-order valence-electron chi connectivity index (χ3n) is 5.87. The molecule has 2 fully saturated rings. The van der Waals surface area contributed by atoms with Gasteiger partial charge < -0.3 is 5.11 Å². The van der Waals surface area contributed by atoms with Gasteiger partial charge in [0.2, 0.25) is 0 Å². The summed E-state index contributed by atoms with van der Waals surface area (Å²) in [4.78, 5) is 2.59. The van der Waals surface area contributed by atoms with Crippen LogP contribution in [0.3, 0.4) is 0 Å². The predicted molar refractivity (Wildman–Crippen MR) is 76.6 cm³/mol. The fraction of sp³-hybridized carbons (Fsp3) is 1.00. The van der Waals surface area contributed by atoms with Gasteiger partial charge >= 0.3 is 0 Å². The lowest BCUT2D eigenvalue weighted by Gasteiger charge is -2.47. The van der Waals surface area contributed by atoms with Crippen LogP contribution in [0.15, 0.2) is 0 Å². The van der Waals surface area contributed by atoms with Crippen LogP contribution in [0, 0.1) is 11.3 Å². The summed E-state index contributed by atoms with van der Waals surface area (Å²) in [5.74, 6) is 0.794. The third-order valence-corrected chi connectivity index (χ3v) is 5.87. The number of hydrogen-bond donors (Lipinski definition) is 1. The van der Waals surface area contributed by atoms with E-state index in [-0.39, 0.29) is 6.10 Å². The van der Waals surface area contributed by atoms with Crippen LogP contribution in [-0.4, -0.2) is 35.2 Å². The topological polar surface area (TPSA) is 23.5 Å². The maximum absolute atomic E-state index is 10.2. The highest BCUT2D eigenvalue weighted by atomic mass is 16.3. The molecule has 2 nitrogen and oxygen atoms in total. The number of nitrogens with zero attached hydrogens (tertiary/aromatic N) is 1. The Labute approximate surface area is 113 Å². The lowest BCUT2D eigenvalue weighted by atomic mass is 9.73. The highest BCUT2D eigenvalue weighted by molar-refractivity contribution is 4.91. The summed E-state index contributed by atoms with van der Waals surface area (Å²) in [5.41, 5.74) is 0.599. The second kappa shape index (κ2) is 5.92. The summed E-state index contributed by atoms with van der Waals surface area (Å²) >= 11 is 0. The zero-order valence-electron chi connectivity index (χ0n) is 12.5. The fourth-order valence-electron chi connectivity index (χ4n) is 4.01. The van der Waals surface area contributed by atoms with E-state index in [1.165, 1.54) is 51.6 Å². The van der Waals surface area contributed by atoms with Gasteiger partial charge in [0, 0.05) is 6.04 Å². The summed E-state index contributed by atoms with van der Waals surface area (Å²) in [6, 6.07) is 0.445. The van der Waals surface area contributed by atoms with Crippen LogP contribution < -0.4 is 0 Å². The first kappa shape index (κ1) is 14.3. The summed E-state index contributed by atoms with van der Waals surface area (Å²) in [5, 5.41) is 10.2. The van der Waals surface area contributed by atoms with E-state index in [2.05, 4.69) is 25.7 Å². The molecule has 0 spiro atoms. The molecule has 2 aliphatic rings. The third kappa shape index (κ3) is 2.91. The Hall–Kier alpha value is -0.0800. The first-order valence-corrected chi connectivity index (χ1v) is 8.02. The number of rotatable bonds is 3. The molecule has 1 N–H and O–H groups in total. The van der Waals surface area contributed by atoms with Crippen LogP contribution in [0.4, 0.5) is 0 Å². The molecular formula is C16H31NO. The SMILES string of the molecule is CCC1(CC)CCN(C2CC(C)CCC2O)CC1. The molecule has 3 atom stereocenters. The maximum Gasteiger partial charge on any atom is 0.0695 e. The molecular weight excluding hydrogens is 222 g/mol. The summed E-state index contributed by atoms with van der Waals surface area (Å²) in [7, 11) is 0. The molecule has 0 amide bonds. The average Bonchev–Trinajstić information content (AvgIpc) is 2.42. The molecule has 0 aromatic rings. The summed E-state index contributed by atoms with van der Waals surface area (Å²) in [6.07, 6.45) is 8.65. The van der Waals surface area contributed by atoms with Crippen molar-refractivity contribution in [1.82, 2.24) is 4.90 Å². The Morgan fingerprint density at radius 1 is 1.11 bits per heavy atom. The van der Waals surface area contributed by atoms with Gasteiger partial charge in [-0.25, -0.2) is 0 Å². The number of aliphatic hydroxyl groups is 1. The van der Waals surface area contributed by atoms with Crippen molar-refractivity contribution >= 4 is 0 Å². The van der Waals surface area contributed by atoms with Gasteiger partial charge in [0.25, 0.3) is 0 Å². The minimum atomic E-state index is -0.0723. The maximum atomic E-state index is 10.2. The van der Waals surface area contributed by atoms with Crippen LogP contribution >= 0.6 is 0 Å². The lowest BCUT2D eigenvalue weighted by Crippen LogP contribution is -2.51. The van der Waals surface area contributed by atoms with Crippen LogP contribution in [0.1, 0.15) is 65.7 Å². The predicted octanol–water partition coefficient (Wildman–Crippen LogP) is 3.44. The molecule has 1 aliphatic heterocycles. The van der Waals surface area contributed by atoms with Gasteiger partial charge in [0.05, 0.1) is 6.10 Å². The lowest BCUT2D eigenvalue weighted by molar-refractivity contribution is -0.0242. The summed E-state index contributed by atoms with van der Waals surface area (Å²) < 4.78 is 0. The average molecular weight is 253 g/mol. The van der Waals surface area contributed by atoms with Crippen LogP contribution in [-0.2, 0) is 0 Å². The molecule has 0 aromatic heterocycles. The largest absolute Gasteiger partial charge is 0.391 e. The van der Waals surface area contributed by atoms with Gasteiger partial charge in [-0.3, -0.25) is 4.90 Å². The molecule has 1 heterocycles. The zero-order valence-corrected chi connectivity index (χ0v) is 12.5. The van der Waals surface area contributed by atoms with Crippen LogP contribution in [0.2, 0.25) is 0 Å². The minimum Gasteiger partial charge on any atom is -0.391 e. The van der Waals surface area contributed by atoms with Crippen molar-refractivity contribution < 1.29 is 5.11 Å². The van der Waals surface area contributed by atoms with Gasteiger partial charge in [-0.1, -0.05) is 33.6 Å². The van der Waals surface area contributed by atoms with E-state index in [0.29, 0.717) is 11.5 Å². The van der Waals surface area contributed by atoms with E-state index in [9.17, 15) is 5.11 Å². The molecule has 0 radical (unpaired) electrons. The molecule has 2 rings (SSSR count). The number of hydrogen-bond acceptors (Lipinski definition) is 2. The Kier molecular flexibility index (Phi) is 4.71. The fourth-order valence-corrected chi connectivity index (χ4v) is 4.01. The molecule has 106 valence electrons. The molecule has 1 saturated heterocycles. The van der Waals surface area contributed by atoms with Gasteiger partial charge in [-0.2, -0.15) is 0 Å². The van der Waals surface area contributed by atoms with Crippen molar-refractivity contribution in [3.8, 4) is 0 Å². The van der Waals surface area contributed by atoms with E-state index in [1.54, 1.807) is 0 Å². The monoisotopic (exact) mass is 253 g/mol. The number of piperidine rings is 1. The number of likely N-dealkylation sites (tertiary alicyclic amines) is 1. The minimum absolute atomic E-state index is 0.0723. The summed E-state index contributed by atoms with van der Waals surface area (Å²) in [6.45, 7) is 9.44. The van der Waals surface area contributed by atoms with E-state index in [0.717, 1.165) is 12.3 Å². The molecule has 0 aromatic carbocycles. The molecule has 18 heavy (non-hydrogen) atoms. The van der Waals surface area contributed by atoms with Crippen LogP contribution in [0.25, 0.3) is 0 Å². The highest BCUT2D eigenvalue weighted by Crippen LogP contribution is 2.40. The van der Waals surface area contributed by atoms with Crippen molar-refractivity contribution in [2.75, 3.05) is 13.1 Å². The van der Waals surface area contributed by atoms with Crippen molar-refractivity contribution in [2.24, 2.45) is 11.3 Å². The molecule has 0 bridgehead atoms. The standard InChI is InChI=1S/C16H31NO/c1-4-16(5-2)8-10-17(11-9-16)14-12-13(3)6-7-15(14)18/h13-15,18H,4-12H2,1-3H3. The Morgan fingerprint density at radius 2 is 1.72 bits per heavy atom. The molecule has 3 unspecified atom stereocenters. The van der Waals surface area contributed by atoms with E-state index in [4.69, 9.17) is 0 Å². The van der Waals surface area contributed by atoms with E-state index < -0.39 is 0 Å². The Balaban J connectivity index is 1.92. The quantitative estimate of drug-likeness (QED) is 0.833. The Morgan fingerprint density at radius 3 is 2.28 bits per heavy atom. The smallest absolute Gasteiger partial charge is 0.0695 e. The van der Waals surface area contributed by atoms with Gasteiger partial charge in [0.1, 0.15) is 0 Å².